The van der Waals surface area contributed by atoms with E-state index in [0.29, 0.717) is 10.7 Å². The highest BCUT2D eigenvalue weighted by atomic mass is 32.1. The number of rotatable bonds is 4. The molecule has 0 saturated heterocycles. The predicted octanol–water partition coefficient (Wildman–Crippen LogP) is 2.62. The summed E-state index contributed by atoms with van der Waals surface area (Å²) < 4.78 is 1.89. The van der Waals surface area contributed by atoms with Crippen LogP contribution in [0.5, 0.6) is 0 Å². The van der Waals surface area contributed by atoms with E-state index in [-0.39, 0.29) is 12.5 Å². The van der Waals surface area contributed by atoms with Crippen LogP contribution in [0.15, 0.2) is 48.5 Å². The van der Waals surface area contributed by atoms with Gasteiger partial charge in [-0.2, -0.15) is 0 Å². The maximum Gasteiger partial charge on any atom is 0.244 e. The normalized spacial score (nSPS) is 10.7. The summed E-state index contributed by atoms with van der Waals surface area (Å²) in [5.41, 5.74) is 8.83. The maximum absolute atomic E-state index is 12.3. The molecule has 0 aliphatic heterocycles. The summed E-state index contributed by atoms with van der Waals surface area (Å²) in [4.78, 5) is 17.1. The van der Waals surface area contributed by atoms with E-state index in [4.69, 9.17) is 18.0 Å². The van der Waals surface area contributed by atoms with Gasteiger partial charge in [0.15, 0.2) is 0 Å². The Hall–Kier alpha value is -2.73. The highest BCUT2D eigenvalue weighted by molar-refractivity contribution is 7.80. The molecule has 0 saturated carbocycles. The zero-order valence-corrected chi connectivity index (χ0v) is 13.4. The number of nitrogens with one attached hydrogen (secondary N) is 1. The van der Waals surface area contributed by atoms with Crippen molar-refractivity contribution in [2.24, 2.45) is 5.73 Å². The van der Waals surface area contributed by atoms with E-state index >= 15 is 0 Å². The fourth-order valence-corrected chi connectivity index (χ4v) is 2.62. The number of hydrogen-bond acceptors (Lipinski definition) is 3. The number of carbonyl (C=O) groups is 1. The van der Waals surface area contributed by atoms with Crippen molar-refractivity contribution in [1.82, 2.24) is 9.55 Å². The molecular formula is C17H16N4OS. The van der Waals surface area contributed by atoms with Crippen molar-refractivity contribution in [1.29, 1.82) is 0 Å². The molecule has 0 atom stereocenters. The number of para-hydroxylation sites is 2. The molecule has 1 amide bonds. The van der Waals surface area contributed by atoms with Crippen molar-refractivity contribution >= 4 is 39.8 Å². The molecule has 3 N–H and O–H groups in total. The van der Waals surface area contributed by atoms with Gasteiger partial charge in [0.2, 0.25) is 5.91 Å². The lowest BCUT2D eigenvalue weighted by Crippen LogP contribution is -2.20. The molecule has 116 valence electrons. The van der Waals surface area contributed by atoms with Gasteiger partial charge in [-0.3, -0.25) is 4.79 Å². The van der Waals surface area contributed by atoms with Crippen LogP contribution < -0.4 is 11.1 Å². The number of nitrogens with two attached hydrogens (primary N) is 1. The number of aryl methyl sites for hydroxylation is 1. The number of aromatic nitrogens is 2. The second kappa shape index (κ2) is 6.18. The van der Waals surface area contributed by atoms with Gasteiger partial charge in [-0.05, 0) is 31.2 Å². The first-order valence-corrected chi connectivity index (χ1v) is 7.57. The van der Waals surface area contributed by atoms with E-state index in [0.717, 1.165) is 22.4 Å². The number of carbonyl (C=O) groups excluding carboxylic acids is 1. The SMILES string of the molecule is Cc1nc2ccccc2n1CC(=O)Nc1cccc(C(N)=S)c1. The highest BCUT2D eigenvalue weighted by Crippen LogP contribution is 2.16. The van der Waals surface area contributed by atoms with Gasteiger partial charge < -0.3 is 15.6 Å². The van der Waals surface area contributed by atoms with Crippen LogP contribution in [0, 0.1) is 6.92 Å². The molecule has 1 aromatic heterocycles. The number of benzene rings is 2. The lowest BCUT2D eigenvalue weighted by Gasteiger charge is -2.09. The number of anilines is 1. The minimum absolute atomic E-state index is 0.128. The quantitative estimate of drug-likeness (QED) is 0.724. The average Bonchev–Trinajstić information content (AvgIpc) is 2.83. The number of amides is 1. The Morgan fingerprint density at radius 2 is 2.04 bits per heavy atom. The van der Waals surface area contributed by atoms with E-state index in [1.54, 1.807) is 12.1 Å². The topological polar surface area (TPSA) is 72.9 Å². The van der Waals surface area contributed by atoms with Crippen LogP contribution in [-0.2, 0) is 11.3 Å². The number of nitrogens with zero attached hydrogens (tertiary/aromatic N) is 2. The summed E-state index contributed by atoms with van der Waals surface area (Å²) in [5.74, 6) is 0.676. The lowest BCUT2D eigenvalue weighted by atomic mass is 10.2. The monoisotopic (exact) mass is 324 g/mol. The number of hydrogen-bond donors (Lipinski definition) is 2. The Morgan fingerprint density at radius 3 is 2.83 bits per heavy atom. The standard InChI is InChI=1S/C17H16N4OS/c1-11-19-14-7-2-3-8-15(14)21(11)10-16(22)20-13-6-4-5-12(9-13)17(18)23/h2-9H,10H2,1H3,(H2,18,23)(H,20,22). The van der Waals surface area contributed by atoms with Crippen LogP contribution in [0.3, 0.4) is 0 Å². The smallest absolute Gasteiger partial charge is 0.244 e. The Morgan fingerprint density at radius 1 is 1.26 bits per heavy atom. The third-order valence-electron chi connectivity index (χ3n) is 3.58. The summed E-state index contributed by atoms with van der Waals surface area (Å²) in [6.07, 6.45) is 0. The molecule has 3 rings (SSSR count). The van der Waals surface area contributed by atoms with Gasteiger partial charge in [0.05, 0.1) is 11.0 Å². The zero-order chi connectivity index (χ0) is 16.4. The van der Waals surface area contributed by atoms with Gasteiger partial charge in [-0.15, -0.1) is 0 Å². The second-order valence-corrected chi connectivity index (χ2v) is 5.67. The van der Waals surface area contributed by atoms with Crippen molar-refractivity contribution in [3.63, 3.8) is 0 Å². The highest BCUT2D eigenvalue weighted by Gasteiger charge is 2.11. The van der Waals surface area contributed by atoms with Crippen LogP contribution in [0.4, 0.5) is 5.69 Å². The van der Waals surface area contributed by atoms with Crippen LogP contribution in [0.25, 0.3) is 11.0 Å². The number of fused-ring (bicyclic) bond motifs is 1. The van der Waals surface area contributed by atoms with E-state index in [2.05, 4.69) is 10.3 Å². The minimum Gasteiger partial charge on any atom is -0.389 e. The Bertz CT molecular complexity index is 900. The molecule has 0 aliphatic carbocycles. The molecule has 5 nitrogen and oxygen atoms in total. The van der Waals surface area contributed by atoms with E-state index < -0.39 is 0 Å². The molecule has 0 unspecified atom stereocenters. The van der Waals surface area contributed by atoms with Crippen LogP contribution in [-0.4, -0.2) is 20.4 Å². The van der Waals surface area contributed by atoms with Gasteiger partial charge in [-0.1, -0.05) is 36.5 Å². The van der Waals surface area contributed by atoms with Crippen molar-refractivity contribution in [3.8, 4) is 0 Å². The van der Waals surface area contributed by atoms with Gasteiger partial charge >= 0.3 is 0 Å². The van der Waals surface area contributed by atoms with Gasteiger partial charge in [0.25, 0.3) is 0 Å². The third kappa shape index (κ3) is 3.22. The zero-order valence-electron chi connectivity index (χ0n) is 12.6. The molecule has 0 fully saturated rings. The molecule has 0 radical (unpaired) electrons. The first-order valence-electron chi connectivity index (χ1n) is 7.16. The molecular weight excluding hydrogens is 308 g/mol. The minimum atomic E-state index is -0.128. The molecule has 1 heterocycles. The summed E-state index contributed by atoms with van der Waals surface area (Å²) in [7, 11) is 0. The van der Waals surface area contributed by atoms with Gasteiger partial charge in [0, 0.05) is 11.3 Å². The summed E-state index contributed by atoms with van der Waals surface area (Å²) in [6.45, 7) is 2.09. The van der Waals surface area contributed by atoms with E-state index in [1.807, 2.05) is 47.9 Å². The number of thiocarbonyl (C=S) groups is 1. The molecule has 2 aromatic carbocycles. The average molecular weight is 324 g/mol. The molecule has 0 spiro atoms. The first-order chi connectivity index (χ1) is 11.0. The Labute approximate surface area is 139 Å². The molecule has 0 bridgehead atoms. The molecule has 0 aliphatic rings. The summed E-state index contributed by atoms with van der Waals surface area (Å²) >= 11 is 4.95. The van der Waals surface area contributed by atoms with E-state index in [1.165, 1.54) is 0 Å². The Balaban J connectivity index is 1.80. The van der Waals surface area contributed by atoms with Crippen LogP contribution in [0.1, 0.15) is 11.4 Å². The van der Waals surface area contributed by atoms with Crippen molar-refractivity contribution in [2.45, 2.75) is 13.5 Å². The summed E-state index contributed by atoms with van der Waals surface area (Å²) in [6, 6.07) is 14.9. The van der Waals surface area contributed by atoms with E-state index in [9.17, 15) is 4.79 Å². The fourth-order valence-electron chi connectivity index (χ4n) is 2.49. The maximum atomic E-state index is 12.3. The van der Waals surface area contributed by atoms with Gasteiger partial charge in [-0.25, -0.2) is 4.98 Å². The predicted molar refractivity (Wildman–Crippen MR) is 95.4 cm³/mol. The van der Waals surface area contributed by atoms with Crippen molar-refractivity contribution < 1.29 is 4.79 Å². The largest absolute Gasteiger partial charge is 0.389 e. The van der Waals surface area contributed by atoms with Crippen molar-refractivity contribution in [3.05, 3.63) is 59.9 Å². The lowest BCUT2D eigenvalue weighted by molar-refractivity contribution is -0.116. The summed E-state index contributed by atoms with van der Waals surface area (Å²) in [5, 5.41) is 2.86. The van der Waals surface area contributed by atoms with Crippen LogP contribution in [0.2, 0.25) is 0 Å². The number of imidazole rings is 1. The third-order valence-corrected chi connectivity index (χ3v) is 3.81. The van der Waals surface area contributed by atoms with Gasteiger partial charge in [0.1, 0.15) is 17.4 Å². The van der Waals surface area contributed by atoms with Crippen LogP contribution >= 0.6 is 12.2 Å². The molecule has 6 heteroatoms. The molecule has 3 aromatic rings. The van der Waals surface area contributed by atoms with Crippen molar-refractivity contribution in [2.75, 3.05) is 5.32 Å². The molecule has 23 heavy (non-hydrogen) atoms. The first kappa shape index (κ1) is 15.2. The fraction of sp³-hybridized carbons (Fsp3) is 0.118. The second-order valence-electron chi connectivity index (χ2n) is 5.23. The Kier molecular flexibility index (Phi) is 4.08.